The highest BCUT2D eigenvalue weighted by Crippen LogP contribution is 2.29. The molecule has 134 valence electrons. The van der Waals surface area contributed by atoms with Gasteiger partial charge in [0.25, 0.3) is 0 Å². The Morgan fingerprint density at radius 3 is 2.56 bits per heavy atom. The van der Waals surface area contributed by atoms with E-state index in [0.717, 1.165) is 16.5 Å². The van der Waals surface area contributed by atoms with Gasteiger partial charge in [0.1, 0.15) is 0 Å². The Bertz CT molecular complexity index is 1090. The third-order valence-corrected chi connectivity index (χ3v) is 4.12. The van der Waals surface area contributed by atoms with E-state index >= 15 is 0 Å². The molecule has 0 N–H and O–H groups in total. The molecule has 0 aliphatic carbocycles. The number of esters is 1. The van der Waals surface area contributed by atoms with Gasteiger partial charge in [0.15, 0.2) is 5.69 Å². The summed E-state index contributed by atoms with van der Waals surface area (Å²) in [6.45, 7) is 0.625. The summed E-state index contributed by atoms with van der Waals surface area (Å²) in [6, 6.07) is 22.9. The van der Waals surface area contributed by atoms with E-state index in [9.17, 15) is 4.79 Å². The van der Waals surface area contributed by atoms with Crippen molar-refractivity contribution in [2.75, 3.05) is 7.11 Å². The SMILES string of the molecule is COC(=O)c1cccc(Oc2nn(Cc3ccccc3)c3ccccc23)n1. The van der Waals surface area contributed by atoms with Crippen LogP contribution in [0.3, 0.4) is 0 Å². The first kappa shape index (κ1) is 16.8. The Morgan fingerprint density at radius 1 is 0.963 bits per heavy atom. The molecule has 4 rings (SSSR count). The van der Waals surface area contributed by atoms with Crippen molar-refractivity contribution in [2.45, 2.75) is 6.54 Å². The molecular formula is C21H17N3O3. The van der Waals surface area contributed by atoms with Crippen molar-refractivity contribution < 1.29 is 14.3 Å². The van der Waals surface area contributed by atoms with Gasteiger partial charge in [-0.15, -0.1) is 5.10 Å². The van der Waals surface area contributed by atoms with Gasteiger partial charge in [-0.2, -0.15) is 0 Å². The molecule has 4 aromatic rings. The molecule has 0 aliphatic rings. The molecule has 6 nitrogen and oxygen atoms in total. The number of carbonyl (C=O) groups is 1. The largest absolute Gasteiger partial charge is 0.464 e. The highest BCUT2D eigenvalue weighted by molar-refractivity contribution is 5.87. The van der Waals surface area contributed by atoms with Crippen LogP contribution < -0.4 is 4.74 Å². The minimum Gasteiger partial charge on any atom is -0.464 e. The first-order chi connectivity index (χ1) is 13.2. The number of fused-ring (bicyclic) bond motifs is 1. The van der Waals surface area contributed by atoms with Gasteiger partial charge in [0.2, 0.25) is 11.8 Å². The summed E-state index contributed by atoms with van der Waals surface area (Å²) in [4.78, 5) is 15.9. The number of pyridine rings is 1. The van der Waals surface area contributed by atoms with Crippen LogP contribution in [0.15, 0.2) is 72.8 Å². The minimum atomic E-state index is -0.514. The molecule has 2 heterocycles. The topological polar surface area (TPSA) is 66.2 Å². The molecule has 0 radical (unpaired) electrons. The molecule has 2 aromatic heterocycles. The van der Waals surface area contributed by atoms with Crippen molar-refractivity contribution in [1.29, 1.82) is 0 Å². The average Bonchev–Trinajstić information content (AvgIpc) is 3.06. The number of carbonyl (C=O) groups excluding carboxylic acids is 1. The summed E-state index contributed by atoms with van der Waals surface area (Å²) >= 11 is 0. The summed E-state index contributed by atoms with van der Waals surface area (Å²) in [5, 5.41) is 5.49. The van der Waals surface area contributed by atoms with Gasteiger partial charge in [0.05, 0.1) is 24.6 Å². The Balaban J connectivity index is 1.69. The van der Waals surface area contributed by atoms with Gasteiger partial charge in [-0.05, 0) is 23.8 Å². The number of nitrogens with zero attached hydrogens (tertiary/aromatic N) is 3. The fraction of sp³-hybridized carbons (Fsp3) is 0.0952. The van der Waals surface area contributed by atoms with Gasteiger partial charge in [-0.3, -0.25) is 4.68 Å². The molecule has 0 aliphatic heterocycles. The first-order valence-corrected chi connectivity index (χ1v) is 8.47. The van der Waals surface area contributed by atoms with Crippen LogP contribution in [0.1, 0.15) is 16.1 Å². The number of methoxy groups -OCH3 is 1. The molecule has 0 amide bonds. The number of aromatic nitrogens is 3. The average molecular weight is 359 g/mol. The lowest BCUT2D eigenvalue weighted by Crippen LogP contribution is -2.05. The van der Waals surface area contributed by atoms with Crippen molar-refractivity contribution >= 4 is 16.9 Å². The molecule has 0 spiro atoms. The van der Waals surface area contributed by atoms with Crippen LogP contribution in [0.4, 0.5) is 0 Å². The molecule has 2 aromatic carbocycles. The van der Waals surface area contributed by atoms with Crippen LogP contribution in [-0.4, -0.2) is 27.8 Å². The first-order valence-electron chi connectivity index (χ1n) is 8.47. The molecule has 0 bridgehead atoms. The lowest BCUT2D eigenvalue weighted by molar-refractivity contribution is 0.0593. The minimum absolute atomic E-state index is 0.183. The van der Waals surface area contributed by atoms with Crippen molar-refractivity contribution in [3.05, 3.63) is 84.1 Å². The third kappa shape index (κ3) is 3.50. The summed E-state index contributed by atoms with van der Waals surface area (Å²) < 4.78 is 12.5. The molecule has 0 atom stereocenters. The second-order valence-electron chi connectivity index (χ2n) is 5.92. The zero-order valence-corrected chi connectivity index (χ0v) is 14.7. The smallest absolute Gasteiger partial charge is 0.356 e. The van der Waals surface area contributed by atoms with Crippen LogP contribution in [0, 0.1) is 0 Å². The van der Waals surface area contributed by atoms with E-state index in [1.165, 1.54) is 7.11 Å². The fourth-order valence-electron chi connectivity index (χ4n) is 2.84. The quantitative estimate of drug-likeness (QED) is 0.503. The maximum absolute atomic E-state index is 11.7. The second-order valence-corrected chi connectivity index (χ2v) is 5.92. The van der Waals surface area contributed by atoms with E-state index in [1.54, 1.807) is 18.2 Å². The van der Waals surface area contributed by atoms with Gasteiger partial charge in [-0.25, -0.2) is 9.78 Å². The molecule has 0 saturated heterocycles. The summed E-state index contributed by atoms with van der Waals surface area (Å²) in [5.41, 5.74) is 2.28. The molecule has 6 heteroatoms. The van der Waals surface area contributed by atoms with E-state index < -0.39 is 5.97 Å². The van der Waals surface area contributed by atoms with Gasteiger partial charge in [-0.1, -0.05) is 48.5 Å². The Labute approximate surface area is 156 Å². The highest BCUT2D eigenvalue weighted by atomic mass is 16.5. The van der Waals surface area contributed by atoms with E-state index in [-0.39, 0.29) is 11.6 Å². The normalized spacial score (nSPS) is 10.7. The van der Waals surface area contributed by atoms with Crippen LogP contribution in [0.2, 0.25) is 0 Å². The summed E-state index contributed by atoms with van der Waals surface area (Å²) in [7, 11) is 1.32. The number of hydrogen-bond acceptors (Lipinski definition) is 5. The standard InChI is InChI=1S/C21H17N3O3/c1-26-21(25)17-11-7-13-19(22-17)27-20-16-10-5-6-12-18(16)24(23-20)14-15-8-3-2-4-9-15/h2-13H,14H2,1H3. The lowest BCUT2D eigenvalue weighted by atomic mass is 10.2. The zero-order valence-electron chi connectivity index (χ0n) is 14.7. The molecule has 27 heavy (non-hydrogen) atoms. The van der Waals surface area contributed by atoms with Crippen molar-refractivity contribution in [2.24, 2.45) is 0 Å². The van der Waals surface area contributed by atoms with Gasteiger partial charge < -0.3 is 9.47 Å². The molecule has 0 fully saturated rings. The Kier molecular flexibility index (Phi) is 4.53. The predicted molar refractivity (Wildman–Crippen MR) is 101 cm³/mol. The zero-order chi connectivity index (χ0) is 18.6. The van der Waals surface area contributed by atoms with E-state index in [4.69, 9.17) is 9.47 Å². The van der Waals surface area contributed by atoms with Crippen LogP contribution in [0.25, 0.3) is 10.9 Å². The Morgan fingerprint density at radius 2 is 1.74 bits per heavy atom. The van der Waals surface area contributed by atoms with E-state index in [1.807, 2.05) is 47.1 Å². The van der Waals surface area contributed by atoms with Crippen LogP contribution in [-0.2, 0) is 11.3 Å². The molecule has 0 unspecified atom stereocenters. The van der Waals surface area contributed by atoms with Crippen molar-refractivity contribution in [1.82, 2.24) is 14.8 Å². The van der Waals surface area contributed by atoms with Crippen LogP contribution >= 0.6 is 0 Å². The fourth-order valence-corrected chi connectivity index (χ4v) is 2.84. The highest BCUT2D eigenvalue weighted by Gasteiger charge is 2.14. The number of ether oxygens (including phenoxy) is 2. The third-order valence-electron chi connectivity index (χ3n) is 4.12. The van der Waals surface area contributed by atoms with Gasteiger partial charge >= 0.3 is 5.97 Å². The predicted octanol–water partition coefficient (Wildman–Crippen LogP) is 4.06. The lowest BCUT2D eigenvalue weighted by Gasteiger charge is -2.04. The summed E-state index contributed by atoms with van der Waals surface area (Å²) in [6.07, 6.45) is 0. The summed E-state index contributed by atoms with van der Waals surface area (Å²) in [5.74, 6) is 0.212. The molecule has 0 saturated carbocycles. The van der Waals surface area contributed by atoms with Gasteiger partial charge in [0, 0.05) is 6.07 Å². The van der Waals surface area contributed by atoms with Crippen LogP contribution in [0.5, 0.6) is 11.8 Å². The maximum atomic E-state index is 11.7. The maximum Gasteiger partial charge on any atom is 0.356 e. The number of hydrogen-bond donors (Lipinski definition) is 0. The van der Waals surface area contributed by atoms with E-state index in [2.05, 4.69) is 22.2 Å². The van der Waals surface area contributed by atoms with Crippen molar-refractivity contribution in [3.63, 3.8) is 0 Å². The monoisotopic (exact) mass is 359 g/mol. The van der Waals surface area contributed by atoms with E-state index in [0.29, 0.717) is 12.4 Å². The molecular weight excluding hydrogens is 342 g/mol. The Hall–Kier alpha value is -3.67. The number of benzene rings is 2. The number of rotatable bonds is 5. The number of para-hydroxylation sites is 1. The second kappa shape index (κ2) is 7.29. The van der Waals surface area contributed by atoms with Crippen molar-refractivity contribution in [3.8, 4) is 11.8 Å².